The minimum Gasteiger partial charge on any atom is -0.480 e. The summed E-state index contributed by atoms with van der Waals surface area (Å²) in [5.41, 5.74) is 4.91. The Morgan fingerprint density at radius 1 is 1.67 bits per heavy atom. The highest BCUT2D eigenvalue weighted by Gasteiger charge is 2.16. The van der Waals surface area contributed by atoms with Gasteiger partial charge in [0.1, 0.15) is 6.04 Å². The summed E-state index contributed by atoms with van der Waals surface area (Å²) in [4.78, 5) is 9.86. The molecule has 0 rings (SSSR count). The molecule has 0 spiro atoms. The van der Waals surface area contributed by atoms with Crippen molar-refractivity contribution in [2.24, 2.45) is 5.73 Å². The van der Waals surface area contributed by atoms with Gasteiger partial charge in [0.2, 0.25) is 0 Å². The van der Waals surface area contributed by atoms with Gasteiger partial charge in [-0.3, -0.25) is 4.79 Å². The van der Waals surface area contributed by atoms with Gasteiger partial charge in [0.25, 0.3) is 0 Å². The van der Waals surface area contributed by atoms with Gasteiger partial charge in [-0.25, -0.2) is 0 Å². The van der Waals surface area contributed by atoms with Crippen molar-refractivity contribution in [2.45, 2.75) is 26.5 Å². The van der Waals surface area contributed by atoms with Crippen LogP contribution in [0.5, 0.6) is 0 Å². The van der Waals surface area contributed by atoms with Crippen LogP contribution >= 0.6 is 0 Å². The maximum Gasteiger partial charge on any atom is 0.323 e. The van der Waals surface area contributed by atoms with Crippen molar-refractivity contribution in [1.82, 2.24) is 0 Å². The van der Waals surface area contributed by atoms with Crippen LogP contribution in [0.1, 0.15) is 14.4 Å². The summed E-state index contributed by atoms with van der Waals surface area (Å²) in [5, 5.41) is 16.6. The van der Waals surface area contributed by atoms with Gasteiger partial charge in [-0.2, -0.15) is 0 Å². The van der Waals surface area contributed by atoms with Crippen molar-refractivity contribution >= 4 is 5.97 Å². The Morgan fingerprint density at radius 2 is 2.00 bits per heavy atom. The van der Waals surface area contributed by atoms with Crippen LogP contribution in [-0.4, -0.2) is 28.3 Å². The lowest BCUT2D eigenvalue weighted by molar-refractivity contribution is -0.140. The molecule has 0 aliphatic carbocycles. The Bertz CT molecular complexity index is 92.2. The normalized spacial score (nSPS) is 15.4. The van der Waals surface area contributed by atoms with Crippen LogP contribution in [0, 0.1) is 0 Å². The molecular weight excluding hydrogens is 122 g/mol. The molecule has 0 aromatic rings. The highest BCUT2D eigenvalue weighted by atomic mass is 16.4. The summed E-state index contributed by atoms with van der Waals surface area (Å²) >= 11 is 0. The first-order valence-corrected chi connectivity index (χ1v) is 2.22. The molecule has 4 N–H and O–H groups in total. The minimum absolute atomic E-state index is 0. The molecule has 56 valence electrons. The molecule has 0 aromatic carbocycles. The minimum atomic E-state index is -1.18. The van der Waals surface area contributed by atoms with E-state index in [4.69, 9.17) is 15.9 Å². The molecule has 0 heterocycles. The largest absolute Gasteiger partial charge is 0.480 e. The number of rotatable bonds is 2. The predicted octanol–water partition coefficient (Wildman–Crippen LogP) is -0.585. The molecular formula is C5H13NO3. The Hall–Kier alpha value is -0.610. The van der Waals surface area contributed by atoms with E-state index >= 15 is 0 Å². The van der Waals surface area contributed by atoms with Gasteiger partial charge in [0.05, 0.1) is 6.10 Å². The monoisotopic (exact) mass is 135 g/mol. The van der Waals surface area contributed by atoms with Gasteiger partial charge in [-0.1, -0.05) is 7.43 Å². The van der Waals surface area contributed by atoms with E-state index in [1.807, 2.05) is 0 Å². The zero-order valence-electron chi connectivity index (χ0n) is 4.53. The van der Waals surface area contributed by atoms with Gasteiger partial charge in [-0.15, -0.1) is 0 Å². The Balaban J connectivity index is 0. The number of carboxylic acid groups (broad SMARTS) is 1. The summed E-state index contributed by atoms with van der Waals surface area (Å²) in [6.45, 7) is 1.33. The van der Waals surface area contributed by atoms with E-state index in [-0.39, 0.29) is 7.43 Å². The van der Waals surface area contributed by atoms with Crippen molar-refractivity contribution in [1.29, 1.82) is 0 Å². The van der Waals surface area contributed by atoms with E-state index in [1.165, 1.54) is 6.92 Å². The predicted molar refractivity (Wildman–Crippen MR) is 34.0 cm³/mol. The van der Waals surface area contributed by atoms with Gasteiger partial charge < -0.3 is 15.9 Å². The fourth-order valence-electron chi connectivity index (χ4n) is 0.206. The summed E-state index contributed by atoms with van der Waals surface area (Å²) in [6.07, 6.45) is -0.979. The van der Waals surface area contributed by atoms with Crippen molar-refractivity contribution in [3.8, 4) is 0 Å². The number of hydrogen-bond acceptors (Lipinski definition) is 3. The first kappa shape index (κ1) is 11.2. The Morgan fingerprint density at radius 3 is 2.00 bits per heavy atom. The molecule has 4 nitrogen and oxygen atoms in total. The van der Waals surface area contributed by atoms with Gasteiger partial charge in [-0.05, 0) is 6.92 Å². The standard InChI is InChI=1S/C4H9NO3.CH4/c1-2(6)3(5)4(7)8;/h2-3,6H,5H2,1H3,(H,7,8);1H4. The first-order chi connectivity index (χ1) is 3.55. The van der Waals surface area contributed by atoms with Crippen molar-refractivity contribution in [3.63, 3.8) is 0 Å². The third-order valence-corrected chi connectivity index (χ3v) is 0.805. The average Bonchev–Trinajstić information content (AvgIpc) is 1.64. The fourth-order valence-corrected chi connectivity index (χ4v) is 0.206. The maximum absolute atomic E-state index is 9.86. The van der Waals surface area contributed by atoms with Crippen LogP contribution < -0.4 is 5.73 Å². The summed E-state index contributed by atoms with van der Waals surface area (Å²) in [5.74, 6) is -1.18. The molecule has 0 bridgehead atoms. The lowest BCUT2D eigenvalue weighted by Crippen LogP contribution is -2.39. The zero-order valence-corrected chi connectivity index (χ0v) is 4.53. The maximum atomic E-state index is 9.86. The number of aliphatic carboxylic acids is 1. The Labute approximate surface area is 54.3 Å². The second kappa shape index (κ2) is 4.29. The quantitative estimate of drug-likeness (QED) is 0.472. The van der Waals surface area contributed by atoms with Crippen LogP contribution in [0.3, 0.4) is 0 Å². The van der Waals surface area contributed by atoms with E-state index in [0.29, 0.717) is 0 Å². The molecule has 0 saturated heterocycles. The molecule has 0 amide bonds. The summed E-state index contributed by atoms with van der Waals surface area (Å²) in [6, 6.07) is -1.16. The van der Waals surface area contributed by atoms with Crippen LogP contribution in [-0.2, 0) is 4.79 Å². The molecule has 0 fully saturated rings. The topological polar surface area (TPSA) is 83.5 Å². The first-order valence-electron chi connectivity index (χ1n) is 2.22. The fraction of sp³-hybridized carbons (Fsp3) is 0.800. The second-order valence-corrected chi connectivity index (χ2v) is 1.60. The smallest absolute Gasteiger partial charge is 0.323 e. The van der Waals surface area contributed by atoms with Gasteiger partial charge >= 0.3 is 5.97 Å². The number of aliphatic hydroxyl groups excluding tert-OH is 1. The number of aliphatic hydroxyl groups is 1. The van der Waals surface area contributed by atoms with Crippen molar-refractivity contribution in [3.05, 3.63) is 0 Å². The van der Waals surface area contributed by atoms with E-state index in [9.17, 15) is 4.79 Å². The second-order valence-electron chi connectivity index (χ2n) is 1.60. The highest BCUT2D eigenvalue weighted by Crippen LogP contribution is 1.85. The van der Waals surface area contributed by atoms with Crippen LogP contribution in [0.4, 0.5) is 0 Å². The van der Waals surface area contributed by atoms with Gasteiger partial charge in [0.15, 0.2) is 0 Å². The van der Waals surface area contributed by atoms with E-state index in [0.717, 1.165) is 0 Å². The molecule has 0 aromatic heterocycles. The van der Waals surface area contributed by atoms with Crippen LogP contribution in [0.2, 0.25) is 0 Å². The molecule has 0 saturated carbocycles. The van der Waals surface area contributed by atoms with E-state index < -0.39 is 18.1 Å². The third kappa shape index (κ3) is 3.93. The molecule has 2 unspecified atom stereocenters. The zero-order chi connectivity index (χ0) is 6.73. The SMILES string of the molecule is C.CC(O)C(N)C(=O)O. The lowest BCUT2D eigenvalue weighted by Gasteiger charge is -2.06. The molecule has 2 atom stereocenters. The highest BCUT2D eigenvalue weighted by molar-refractivity contribution is 5.73. The Kier molecular flexibility index (Phi) is 5.34. The van der Waals surface area contributed by atoms with E-state index in [1.54, 1.807) is 0 Å². The average molecular weight is 135 g/mol. The lowest BCUT2D eigenvalue weighted by atomic mass is 10.2. The molecule has 0 radical (unpaired) electrons. The number of carboxylic acids is 1. The van der Waals surface area contributed by atoms with Gasteiger partial charge in [0, 0.05) is 0 Å². The number of nitrogens with two attached hydrogens (primary N) is 1. The molecule has 4 heteroatoms. The van der Waals surface area contributed by atoms with Crippen molar-refractivity contribution < 1.29 is 15.0 Å². The number of carbonyl (C=O) groups is 1. The molecule has 0 aliphatic rings. The van der Waals surface area contributed by atoms with E-state index in [2.05, 4.69) is 0 Å². The van der Waals surface area contributed by atoms with Crippen LogP contribution in [0.15, 0.2) is 0 Å². The summed E-state index contributed by atoms with van der Waals surface area (Å²) in [7, 11) is 0. The number of hydrogen-bond donors (Lipinski definition) is 3. The molecule has 0 aliphatic heterocycles. The summed E-state index contributed by atoms with van der Waals surface area (Å²) < 4.78 is 0. The van der Waals surface area contributed by atoms with Crippen molar-refractivity contribution in [2.75, 3.05) is 0 Å². The third-order valence-electron chi connectivity index (χ3n) is 0.805. The van der Waals surface area contributed by atoms with Crippen LogP contribution in [0.25, 0.3) is 0 Å². The molecule has 9 heavy (non-hydrogen) atoms.